The lowest BCUT2D eigenvalue weighted by Gasteiger charge is -2.16. The molecular weight excluding hydrogens is 348 g/mol. The minimum Gasteiger partial charge on any atom is -0.324 e. The molecule has 0 aliphatic heterocycles. The van der Waals surface area contributed by atoms with E-state index in [1.807, 2.05) is 18.2 Å². The van der Waals surface area contributed by atoms with E-state index in [1.54, 1.807) is 60.9 Å². The number of amides is 1. The molecule has 0 radical (unpaired) electrons. The van der Waals surface area contributed by atoms with Gasteiger partial charge in [-0.05, 0) is 36.2 Å². The number of rotatable bonds is 6. The molecule has 26 heavy (non-hydrogen) atoms. The van der Waals surface area contributed by atoms with Crippen LogP contribution < -0.4 is 5.32 Å². The Bertz CT molecular complexity index is 881. The Hall–Kier alpha value is -2.98. The topological polar surface area (TPSA) is 59.1 Å². The Kier molecular flexibility index (Phi) is 5.77. The van der Waals surface area contributed by atoms with E-state index in [4.69, 9.17) is 11.6 Å². The maximum absolute atomic E-state index is 12.9. The lowest BCUT2D eigenvalue weighted by Crippen LogP contribution is -2.31. The molecule has 1 N–H and O–H groups in total. The molecule has 4 nitrogen and oxygen atoms in total. The van der Waals surface area contributed by atoms with Crippen LogP contribution in [-0.2, 0) is 11.2 Å². The molecule has 0 saturated carbocycles. The summed E-state index contributed by atoms with van der Waals surface area (Å²) in [6, 6.07) is 19.4. The quantitative estimate of drug-likeness (QED) is 0.520. The van der Waals surface area contributed by atoms with Crippen LogP contribution in [0.2, 0.25) is 5.02 Å². The SMILES string of the molecule is O=C(Nc1cccnc1)C(Cc1ccc(Cl)cc1)C(=O)c1ccccc1. The van der Waals surface area contributed by atoms with Gasteiger partial charge in [-0.2, -0.15) is 0 Å². The number of Topliss-reactive ketones (excluding diaryl/α,β-unsaturated/α-hetero) is 1. The third-order valence-corrected chi connectivity index (χ3v) is 4.23. The Morgan fingerprint density at radius 2 is 1.69 bits per heavy atom. The number of anilines is 1. The Morgan fingerprint density at radius 1 is 0.962 bits per heavy atom. The van der Waals surface area contributed by atoms with Crippen molar-refractivity contribution in [2.24, 2.45) is 5.92 Å². The minimum absolute atomic E-state index is 0.220. The number of carbonyl (C=O) groups is 2. The molecule has 0 saturated heterocycles. The summed E-state index contributed by atoms with van der Waals surface area (Å²) in [4.78, 5) is 29.7. The number of carbonyl (C=O) groups excluding carboxylic acids is 2. The van der Waals surface area contributed by atoms with Crippen LogP contribution in [0.3, 0.4) is 0 Å². The Balaban J connectivity index is 1.86. The van der Waals surface area contributed by atoms with Gasteiger partial charge in [0.15, 0.2) is 5.78 Å². The van der Waals surface area contributed by atoms with Crippen molar-refractivity contribution >= 4 is 29.0 Å². The predicted molar refractivity (Wildman–Crippen MR) is 102 cm³/mol. The number of halogens is 1. The van der Waals surface area contributed by atoms with Gasteiger partial charge in [-0.3, -0.25) is 14.6 Å². The van der Waals surface area contributed by atoms with Gasteiger partial charge >= 0.3 is 0 Å². The van der Waals surface area contributed by atoms with E-state index < -0.39 is 5.92 Å². The maximum atomic E-state index is 12.9. The van der Waals surface area contributed by atoms with Gasteiger partial charge in [0.25, 0.3) is 0 Å². The van der Waals surface area contributed by atoms with Crippen LogP contribution in [0.5, 0.6) is 0 Å². The lowest BCUT2D eigenvalue weighted by atomic mass is 9.90. The summed E-state index contributed by atoms with van der Waals surface area (Å²) in [5, 5.41) is 3.39. The highest BCUT2D eigenvalue weighted by Crippen LogP contribution is 2.19. The van der Waals surface area contributed by atoms with Gasteiger partial charge in [-0.25, -0.2) is 0 Å². The smallest absolute Gasteiger partial charge is 0.235 e. The van der Waals surface area contributed by atoms with E-state index >= 15 is 0 Å². The molecule has 3 rings (SSSR count). The zero-order valence-electron chi connectivity index (χ0n) is 13.9. The fraction of sp³-hybridized carbons (Fsp3) is 0.0952. The third-order valence-electron chi connectivity index (χ3n) is 3.97. The normalized spacial score (nSPS) is 11.6. The van der Waals surface area contributed by atoms with E-state index in [0.29, 0.717) is 16.3 Å². The summed E-state index contributed by atoms with van der Waals surface area (Å²) in [6.07, 6.45) is 3.46. The average molecular weight is 365 g/mol. The summed E-state index contributed by atoms with van der Waals surface area (Å²) in [7, 11) is 0. The predicted octanol–water partition coefficient (Wildman–Crippen LogP) is 4.42. The highest BCUT2D eigenvalue weighted by atomic mass is 35.5. The first-order valence-corrected chi connectivity index (χ1v) is 8.56. The first kappa shape index (κ1) is 17.8. The van der Waals surface area contributed by atoms with Crippen LogP contribution >= 0.6 is 11.6 Å². The first-order valence-electron chi connectivity index (χ1n) is 8.18. The molecule has 1 unspecified atom stereocenters. The van der Waals surface area contributed by atoms with Gasteiger partial charge in [0.05, 0.1) is 11.9 Å². The monoisotopic (exact) mass is 364 g/mol. The van der Waals surface area contributed by atoms with Crippen LogP contribution in [0.15, 0.2) is 79.1 Å². The summed E-state index contributed by atoms with van der Waals surface area (Å²) in [6.45, 7) is 0. The molecule has 5 heteroatoms. The molecule has 130 valence electrons. The van der Waals surface area contributed by atoms with E-state index in [-0.39, 0.29) is 18.1 Å². The number of benzene rings is 2. The van der Waals surface area contributed by atoms with Gasteiger partial charge < -0.3 is 5.32 Å². The van der Waals surface area contributed by atoms with E-state index in [2.05, 4.69) is 10.3 Å². The second kappa shape index (κ2) is 8.41. The molecule has 2 aromatic carbocycles. The zero-order valence-corrected chi connectivity index (χ0v) is 14.7. The standard InChI is InChI=1S/C21H17ClN2O2/c22-17-10-8-15(9-11-17)13-19(20(25)16-5-2-1-3-6-16)21(26)24-18-7-4-12-23-14-18/h1-12,14,19H,13H2,(H,24,26). The van der Waals surface area contributed by atoms with E-state index in [0.717, 1.165) is 5.56 Å². The number of hydrogen-bond acceptors (Lipinski definition) is 3. The van der Waals surface area contributed by atoms with Crippen LogP contribution in [0.4, 0.5) is 5.69 Å². The van der Waals surface area contributed by atoms with Crippen molar-refractivity contribution in [1.29, 1.82) is 0 Å². The molecule has 0 aliphatic carbocycles. The number of pyridine rings is 1. The largest absolute Gasteiger partial charge is 0.324 e. The van der Waals surface area contributed by atoms with Crippen LogP contribution in [0, 0.1) is 5.92 Å². The maximum Gasteiger partial charge on any atom is 0.235 e. The average Bonchev–Trinajstić information content (AvgIpc) is 2.68. The van der Waals surface area contributed by atoms with Gasteiger partial charge in [-0.1, -0.05) is 54.1 Å². The van der Waals surface area contributed by atoms with Crippen molar-refractivity contribution in [3.63, 3.8) is 0 Å². The fourth-order valence-corrected chi connectivity index (χ4v) is 2.76. The minimum atomic E-state index is -0.848. The Labute approximate surface area is 156 Å². The molecule has 3 aromatic rings. The Morgan fingerprint density at radius 3 is 2.35 bits per heavy atom. The molecule has 1 amide bonds. The van der Waals surface area contributed by atoms with Crippen molar-refractivity contribution in [3.8, 4) is 0 Å². The zero-order chi connectivity index (χ0) is 18.4. The van der Waals surface area contributed by atoms with Gasteiger partial charge in [0.2, 0.25) is 5.91 Å². The van der Waals surface area contributed by atoms with Gasteiger partial charge in [0, 0.05) is 16.8 Å². The second-order valence-electron chi connectivity index (χ2n) is 5.84. The fourth-order valence-electron chi connectivity index (χ4n) is 2.63. The highest BCUT2D eigenvalue weighted by Gasteiger charge is 2.28. The van der Waals surface area contributed by atoms with Crippen LogP contribution in [-0.4, -0.2) is 16.7 Å². The molecule has 1 heterocycles. The van der Waals surface area contributed by atoms with E-state index in [9.17, 15) is 9.59 Å². The lowest BCUT2D eigenvalue weighted by molar-refractivity contribution is -0.118. The van der Waals surface area contributed by atoms with Crippen LogP contribution in [0.1, 0.15) is 15.9 Å². The summed E-state index contributed by atoms with van der Waals surface area (Å²) < 4.78 is 0. The molecule has 1 aromatic heterocycles. The first-order chi connectivity index (χ1) is 12.6. The van der Waals surface area contributed by atoms with Crippen LogP contribution in [0.25, 0.3) is 0 Å². The molecular formula is C21H17ClN2O2. The van der Waals surface area contributed by atoms with E-state index in [1.165, 1.54) is 0 Å². The molecule has 0 bridgehead atoms. The van der Waals surface area contributed by atoms with Crippen molar-refractivity contribution in [2.75, 3.05) is 5.32 Å². The van der Waals surface area contributed by atoms with Crippen molar-refractivity contribution in [3.05, 3.63) is 95.3 Å². The summed E-state index contributed by atoms with van der Waals surface area (Å²) in [5.41, 5.74) is 1.93. The molecule has 0 spiro atoms. The van der Waals surface area contributed by atoms with Crippen molar-refractivity contribution in [1.82, 2.24) is 4.98 Å². The summed E-state index contributed by atoms with van der Waals surface area (Å²) >= 11 is 5.92. The summed E-state index contributed by atoms with van der Waals surface area (Å²) in [5.74, 6) is -1.43. The number of nitrogens with zero attached hydrogens (tertiary/aromatic N) is 1. The van der Waals surface area contributed by atoms with Gasteiger partial charge in [0.1, 0.15) is 5.92 Å². The number of ketones is 1. The van der Waals surface area contributed by atoms with Crippen molar-refractivity contribution < 1.29 is 9.59 Å². The number of nitrogens with one attached hydrogen (secondary N) is 1. The van der Waals surface area contributed by atoms with Crippen molar-refractivity contribution in [2.45, 2.75) is 6.42 Å². The third kappa shape index (κ3) is 4.55. The highest BCUT2D eigenvalue weighted by molar-refractivity contribution is 6.30. The number of aromatic nitrogens is 1. The molecule has 1 atom stereocenters. The second-order valence-corrected chi connectivity index (χ2v) is 6.28. The van der Waals surface area contributed by atoms with Gasteiger partial charge in [-0.15, -0.1) is 0 Å². The molecule has 0 fully saturated rings. The molecule has 0 aliphatic rings. The number of hydrogen-bond donors (Lipinski definition) is 1.